The maximum atomic E-state index is 12.4. The number of aromatic nitrogens is 1. The predicted molar refractivity (Wildman–Crippen MR) is 86.7 cm³/mol. The van der Waals surface area contributed by atoms with Crippen molar-refractivity contribution in [1.82, 2.24) is 4.57 Å². The highest BCUT2D eigenvalue weighted by Gasteiger charge is 2.11. The maximum absolute atomic E-state index is 12.4. The SMILES string of the molecule is CCCOc1cccn(CC(=O)c2ccc(C)c(C)c2)c1=O. The fourth-order valence-corrected chi connectivity index (χ4v) is 2.12. The second-order valence-corrected chi connectivity index (χ2v) is 5.38. The van der Waals surface area contributed by atoms with Gasteiger partial charge in [0.25, 0.3) is 5.56 Å². The van der Waals surface area contributed by atoms with Crippen LogP contribution in [0.2, 0.25) is 0 Å². The molecule has 1 heterocycles. The van der Waals surface area contributed by atoms with Crippen LogP contribution in [0.3, 0.4) is 0 Å². The van der Waals surface area contributed by atoms with Gasteiger partial charge in [0.05, 0.1) is 13.2 Å². The molecule has 0 radical (unpaired) electrons. The highest BCUT2D eigenvalue weighted by Crippen LogP contribution is 2.11. The van der Waals surface area contributed by atoms with Crippen molar-refractivity contribution < 1.29 is 9.53 Å². The molecule has 1 aromatic carbocycles. The van der Waals surface area contributed by atoms with Crippen molar-refractivity contribution >= 4 is 5.78 Å². The number of aryl methyl sites for hydroxylation is 2. The Labute approximate surface area is 130 Å². The van der Waals surface area contributed by atoms with Crippen LogP contribution in [0.5, 0.6) is 5.75 Å². The third-order valence-corrected chi connectivity index (χ3v) is 3.59. The van der Waals surface area contributed by atoms with Gasteiger partial charge in [-0.1, -0.05) is 19.1 Å². The van der Waals surface area contributed by atoms with Crippen molar-refractivity contribution in [3.8, 4) is 5.75 Å². The van der Waals surface area contributed by atoms with Gasteiger partial charge in [0, 0.05) is 11.8 Å². The molecule has 0 fully saturated rings. The van der Waals surface area contributed by atoms with Gasteiger partial charge in [-0.15, -0.1) is 0 Å². The number of nitrogens with zero attached hydrogens (tertiary/aromatic N) is 1. The molecule has 0 aliphatic carbocycles. The molecule has 22 heavy (non-hydrogen) atoms. The van der Waals surface area contributed by atoms with Crippen LogP contribution in [-0.2, 0) is 6.54 Å². The number of rotatable bonds is 6. The lowest BCUT2D eigenvalue weighted by molar-refractivity contribution is 0.0970. The van der Waals surface area contributed by atoms with E-state index < -0.39 is 0 Å². The van der Waals surface area contributed by atoms with Crippen LogP contribution in [0.15, 0.2) is 41.3 Å². The monoisotopic (exact) mass is 299 g/mol. The van der Waals surface area contributed by atoms with E-state index >= 15 is 0 Å². The van der Waals surface area contributed by atoms with E-state index in [1.165, 1.54) is 4.57 Å². The predicted octanol–water partition coefficient (Wildman–Crippen LogP) is 3.14. The van der Waals surface area contributed by atoms with E-state index in [1.54, 1.807) is 24.4 Å². The quantitative estimate of drug-likeness (QED) is 0.770. The summed E-state index contributed by atoms with van der Waals surface area (Å²) in [6.07, 6.45) is 2.44. The van der Waals surface area contributed by atoms with Gasteiger partial charge in [-0.25, -0.2) is 0 Å². The van der Waals surface area contributed by atoms with E-state index in [9.17, 15) is 9.59 Å². The molecule has 0 aliphatic rings. The number of ketones is 1. The zero-order valence-electron chi connectivity index (χ0n) is 13.3. The zero-order valence-corrected chi connectivity index (χ0v) is 13.3. The average Bonchev–Trinajstić information content (AvgIpc) is 2.50. The van der Waals surface area contributed by atoms with Gasteiger partial charge >= 0.3 is 0 Å². The Morgan fingerprint density at radius 2 is 1.95 bits per heavy atom. The number of Topliss-reactive ketones (excluding diaryl/α,β-unsaturated/α-hetero) is 1. The van der Waals surface area contributed by atoms with Crippen molar-refractivity contribution in [2.75, 3.05) is 6.61 Å². The molecule has 0 bridgehead atoms. The number of ether oxygens (including phenoxy) is 1. The summed E-state index contributed by atoms with van der Waals surface area (Å²) in [5.74, 6) is 0.204. The molecular formula is C18H21NO3. The lowest BCUT2D eigenvalue weighted by atomic mass is 10.0. The Morgan fingerprint density at radius 1 is 1.18 bits per heavy atom. The van der Waals surface area contributed by atoms with Crippen molar-refractivity contribution in [3.63, 3.8) is 0 Å². The number of hydrogen-bond donors (Lipinski definition) is 0. The summed E-state index contributed by atoms with van der Waals surface area (Å²) in [6, 6.07) is 8.94. The number of pyridine rings is 1. The summed E-state index contributed by atoms with van der Waals surface area (Å²) in [5, 5.41) is 0. The first-order chi connectivity index (χ1) is 10.5. The number of hydrogen-bond acceptors (Lipinski definition) is 3. The van der Waals surface area contributed by atoms with E-state index in [4.69, 9.17) is 4.74 Å². The normalized spacial score (nSPS) is 10.5. The molecule has 0 N–H and O–H groups in total. The lowest BCUT2D eigenvalue weighted by Crippen LogP contribution is -2.25. The summed E-state index contributed by atoms with van der Waals surface area (Å²) in [7, 11) is 0. The van der Waals surface area contributed by atoms with Crippen LogP contribution in [0.25, 0.3) is 0 Å². The summed E-state index contributed by atoms with van der Waals surface area (Å²) >= 11 is 0. The fraction of sp³-hybridized carbons (Fsp3) is 0.333. The van der Waals surface area contributed by atoms with Crippen molar-refractivity contribution in [2.45, 2.75) is 33.7 Å². The van der Waals surface area contributed by atoms with E-state index in [2.05, 4.69) is 0 Å². The molecule has 0 saturated heterocycles. The Hall–Kier alpha value is -2.36. The Morgan fingerprint density at radius 3 is 2.64 bits per heavy atom. The highest BCUT2D eigenvalue weighted by atomic mass is 16.5. The van der Waals surface area contributed by atoms with Gasteiger partial charge in [-0.3, -0.25) is 9.59 Å². The van der Waals surface area contributed by atoms with Crippen molar-refractivity contribution in [3.05, 3.63) is 63.6 Å². The molecule has 0 aliphatic heterocycles. The van der Waals surface area contributed by atoms with Gasteiger partial charge in [-0.2, -0.15) is 0 Å². The Kier molecular flexibility index (Phi) is 5.15. The molecule has 0 amide bonds. The minimum absolute atomic E-state index is 0.0185. The largest absolute Gasteiger partial charge is 0.488 e. The van der Waals surface area contributed by atoms with Crippen LogP contribution in [0.1, 0.15) is 34.8 Å². The molecule has 0 saturated carbocycles. The van der Waals surface area contributed by atoms with Crippen LogP contribution in [0, 0.1) is 13.8 Å². The number of benzene rings is 1. The number of carbonyl (C=O) groups excluding carboxylic acids is 1. The maximum Gasteiger partial charge on any atom is 0.293 e. The van der Waals surface area contributed by atoms with Crippen LogP contribution in [0.4, 0.5) is 0 Å². The molecular weight excluding hydrogens is 278 g/mol. The van der Waals surface area contributed by atoms with Crippen molar-refractivity contribution in [1.29, 1.82) is 0 Å². The molecule has 2 rings (SSSR count). The average molecular weight is 299 g/mol. The van der Waals surface area contributed by atoms with Crippen LogP contribution >= 0.6 is 0 Å². The third-order valence-electron chi connectivity index (χ3n) is 3.59. The summed E-state index contributed by atoms with van der Waals surface area (Å²) in [4.78, 5) is 24.6. The van der Waals surface area contributed by atoms with Gasteiger partial charge in [0.15, 0.2) is 11.5 Å². The van der Waals surface area contributed by atoms with Crippen LogP contribution < -0.4 is 10.3 Å². The third kappa shape index (κ3) is 3.64. The molecule has 0 spiro atoms. The first-order valence-corrected chi connectivity index (χ1v) is 7.45. The second-order valence-electron chi connectivity index (χ2n) is 5.38. The highest BCUT2D eigenvalue weighted by molar-refractivity contribution is 5.96. The van der Waals surface area contributed by atoms with Gasteiger partial charge in [0.1, 0.15) is 0 Å². The van der Waals surface area contributed by atoms with Crippen molar-refractivity contribution in [2.24, 2.45) is 0 Å². The van der Waals surface area contributed by atoms with Gasteiger partial charge < -0.3 is 9.30 Å². The van der Waals surface area contributed by atoms with Gasteiger partial charge in [0.2, 0.25) is 0 Å². The smallest absolute Gasteiger partial charge is 0.293 e. The Bertz CT molecular complexity index is 731. The molecule has 0 atom stereocenters. The molecule has 4 heteroatoms. The Balaban J connectivity index is 2.21. The van der Waals surface area contributed by atoms with Crippen LogP contribution in [-0.4, -0.2) is 17.0 Å². The minimum Gasteiger partial charge on any atom is -0.488 e. The lowest BCUT2D eigenvalue weighted by Gasteiger charge is -2.09. The first kappa shape index (κ1) is 16.0. The summed E-state index contributed by atoms with van der Waals surface area (Å²) in [6.45, 7) is 6.46. The standard InChI is InChI=1S/C18H21NO3/c1-4-10-22-17-6-5-9-19(18(17)21)12-16(20)15-8-7-13(2)14(3)11-15/h5-9,11H,4,10,12H2,1-3H3. The van der Waals surface area contributed by atoms with Gasteiger partial charge in [-0.05, 0) is 49.6 Å². The second kappa shape index (κ2) is 7.07. The molecule has 116 valence electrons. The van der Waals surface area contributed by atoms with E-state index in [1.807, 2.05) is 32.9 Å². The van der Waals surface area contributed by atoms with E-state index in [0.29, 0.717) is 12.2 Å². The van der Waals surface area contributed by atoms with E-state index in [0.717, 1.165) is 17.5 Å². The minimum atomic E-state index is -0.270. The topological polar surface area (TPSA) is 48.3 Å². The zero-order chi connectivity index (χ0) is 16.1. The summed E-state index contributed by atoms with van der Waals surface area (Å²) < 4.78 is 6.80. The fourth-order valence-electron chi connectivity index (χ4n) is 2.12. The number of carbonyl (C=O) groups is 1. The molecule has 1 aromatic heterocycles. The molecule has 4 nitrogen and oxygen atoms in total. The summed E-state index contributed by atoms with van der Waals surface area (Å²) in [5.41, 5.74) is 2.56. The molecule has 0 unspecified atom stereocenters. The molecule has 2 aromatic rings. The first-order valence-electron chi connectivity index (χ1n) is 7.45. The van der Waals surface area contributed by atoms with E-state index in [-0.39, 0.29) is 23.6 Å².